The van der Waals surface area contributed by atoms with Crippen LogP contribution in [0, 0.1) is 0 Å². The number of fused-ring (bicyclic) bond motifs is 1. The van der Waals surface area contributed by atoms with Crippen LogP contribution in [-0.2, 0) is 11.3 Å². The molecule has 6 nitrogen and oxygen atoms in total. The van der Waals surface area contributed by atoms with Crippen LogP contribution in [-0.4, -0.2) is 64.0 Å². The van der Waals surface area contributed by atoms with E-state index in [-0.39, 0.29) is 5.91 Å². The molecule has 2 aliphatic rings. The molecule has 25 heavy (non-hydrogen) atoms. The SMILES string of the molecule is CCCC1COCCN1Cc1c(C(=O)N2CCCC2)nc2sccn12. The fourth-order valence-corrected chi connectivity index (χ4v) is 4.65. The van der Waals surface area contributed by atoms with E-state index in [1.54, 1.807) is 11.3 Å². The van der Waals surface area contributed by atoms with Crippen molar-refractivity contribution in [3.05, 3.63) is 23.0 Å². The van der Waals surface area contributed by atoms with Crippen molar-refractivity contribution < 1.29 is 9.53 Å². The number of aromatic nitrogens is 2. The molecule has 0 saturated carbocycles. The molecule has 2 aliphatic heterocycles. The normalized spacial score (nSPS) is 22.1. The Bertz CT molecular complexity index is 733. The summed E-state index contributed by atoms with van der Waals surface area (Å²) in [7, 11) is 0. The number of thiazole rings is 1. The van der Waals surface area contributed by atoms with Gasteiger partial charge in [0.2, 0.25) is 0 Å². The van der Waals surface area contributed by atoms with Gasteiger partial charge in [0, 0.05) is 43.8 Å². The molecule has 1 atom stereocenters. The molecule has 136 valence electrons. The highest BCUT2D eigenvalue weighted by atomic mass is 32.1. The van der Waals surface area contributed by atoms with E-state index in [1.807, 2.05) is 16.5 Å². The lowest BCUT2D eigenvalue weighted by molar-refractivity contribution is -0.0154. The highest BCUT2D eigenvalue weighted by molar-refractivity contribution is 7.15. The fourth-order valence-electron chi connectivity index (χ4n) is 3.91. The van der Waals surface area contributed by atoms with Crippen molar-refractivity contribution in [2.45, 2.75) is 45.2 Å². The van der Waals surface area contributed by atoms with Gasteiger partial charge in [-0.2, -0.15) is 0 Å². The molecule has 1 amide bonds. The van der Waals surface area contributed by atoms with Gasteiger partial charge in [-0.3, -0.25) is 14.1 Å². The average Bonchev–Trinajstić information content (AvgIpc) is 3.34. The van der Waals surface area contributed by atoms with Crippen LogP contribution in [0.1, 0.15) is 48.8 Å². The number of hydrogen-bond donors (Lipinski definition) is 0. The molecule has 0 radical (unpaired) electrons. The quantitative estimate of drug-likeness (QED) is 0.820. The Labute approximate surface area is 152 Å². The molecule has 7 heteroatoms. The number of carbonyl (C=O) groups is 1. The first kappa shape index (κ1) is 17.0. The molecular formula is C18H26N4O2S. The van der Waals surface area contributed by atoms with Crippen LogP contribution in [0.5, 0.6) is 0 Å². The van der Waals surface area contributed by atoms with Crippen LogP contribution in [0.25, 0.3) is 4.96 Å². The van der Waals surface area contributed by atoms with E-state index in [9.17, 15) is 4.79 Å². The molecule has 2 aromatic rings. The number of carbonyl (C=O) groups excluding carboxylic acids is 1. The lowest BCUT2D eigenvalue weighted by Crippen LogP contribution is -2.45. The molecule has 0 aromatic carbocycles. The number of ether oxygens (including phenoxy) is 1. The van der Waals surface area contributed by atoms with Crippen LogP contribution in [0.4, 0.5) is 0 Å². The molecule has 0 spiro atoms. The predicted molar refractivity (Wildman–Crippen MR) is 98.1 cm³/mol. The molecule has 0 N–H and O–H groups in total. The summed E-state index contributed by atoms with van der Waals surface area (Å²) in [5.41, 5.74) is 1.69. The Kier molecular flexibility index (Phi) is 5.05. The lowest BCUT2D eigenvalue weighted by atomic mass is 10.1. The topological polar surface area (TPSA) is 50.1 Å². The standard InChI is InChI=1S/C18H26N4O2S/c1-2-5-14-13-24-10-8-21(14)12-15-16(17(23)20-6-3-4-7-20)19-18-22(15)9-11-25-18/h9,11,14H,2-8,10,12-13H2,1H3. The van der Waals surface area contributed by atoms with Gasteiger partial charge in [-0.25, -0.2) is 4.98 Å². The molecule has 2 fully saturated rings. The summed E-state index contributed by atoms with van der Waals surface area (Å²) in [5, 5.41) is 2.04. The van der Waals surface area contributed by atoms with Gasteiger partial charge in [0.1, 0.15) is 0 Å². The van der Waals surface area contributed by atoms with Gasteiger partial charge >= 0.3 is 0 Å². The number of imidazole rings is 1. The zero-order valence-electron chi connectivity index (χ0n) is 14.8. The third-order valence-corrected chi connectivity index (χ3v) is 6.04. The van der Waals surface area contributed by atoms with Crippen molar-refractivity contribution in [1.29, 1.82) is 0 Å². The Hall–Kier alpha value is -1.44. The number of likely N-dealkylation sites (tertiary alicyclic amines) is 1. The van der Waals surface area contributed by atoms with Crippen LogP contribution >= 0.6 is 11.3 Å². The molecule has 4 heterocycles. The third-order valence-electron chi connectivity index (χ3n) is 5.28. The van der Waals surface area contributed by atoms with Gasteiger partial charge < -0.3 is 9.64 Å². The molecule has 1 unspecified atom stereocenters. The van der Waals surface area contributed by atoms with Crippen LogP contribution in [0.2, 0.25) is 0 Å². The van der Waals surface area contributed by atoms with Crippen LogP contribution in [0.15, 0.2) is 11.6 Å². The van der Waals surface area contributed by atoms with Gasteiger partial charge in [-0.15, -0.1) is 11.3 Å². The molecule has 0 aliphatic carbocycles. The van der Waals surface area contributed by atoms with Crippen molar-refractivity contribution in [3.63, 3.8) is 0 Å². The Balaban J connectivity index is 1.64. The van der Waals surface area contributed by atoms with Crippen molar-refractivity contribution in [2.75, 3.05) is 32.8 Å². The number of rotatable bonds is 5. The second kappa shape index (κ2) is 7.43. The molecule has 2 aromatic heterocycles. The summed E-state index contributed by atoms with van der Waals surface area (Å²) in [6.07, 6.45) is 6.51. The van der Waals surface area contributed by atoms with E-state index in [2.05, 4.69) is 21.2 Å². The van der Waals surface area contributed by atoms with Gasteiger partial charge in [0.05, 0.1) is 18.9 Å². The Morgan fingerprint density at radius 2 is 2.20 bits per heavy atom. The van der Waals surface area contributed by atoms with Gasteiger partial charge in [0.15, 0.2) is 10.7 Å². The highest BCUT2D eigenvalue weighted by Gasteiger charge is 2.29. The lowest BCUT2D eigenvalue weighted by Gasteiger charge is -2.35. The van der Waals surface area contributed by atoms with E-state index in [4.69, 9.17) is 4.74 Å². The van der Waals surface area contributed by atoms with Gasteiger partial charge in [0.25, 0.3) is 5.91 Å². The van der Waals surface area contributed by atoms with Crippen molar-refractivity contribution >= 4 is 22.2 Å². The van der Waals surface area contributed by atoms with Gasteiger partial charge in [-0.05, 0) is 19.3 Å². The maximum absolute atomic E-state index is 13.0. The predicted octanol–water partition coefficient (Wildman–Crippen LogP) is 2.63. The first-order valence-corrected chi connectivity index (χ1v) is 10.2. The summed E-state index contributed by atoms with van der Waals surface area (Å²) >= 11 is 1.59. The largest absolute Gasteiger partial charge is 0.378 e. The Morgan fingerprint density at radius 1 is 1.36 bits per heavy atom. The molecule has 2 saturated heterocycles. The maximum Gasteiger partial charge on any atom is 0.274 e. The second-order valence-electron chi connectivity index (χ2n) is 6.95. The van der Waals surface area contributed by atoms with Crippen molar-refractivity contribution in [3.8, 4) is 0 Å². The number of amides is 1. The molecule has 0 bridgehead atoms. The van der Waals surface area contributed by atoms with Crippen molar-refractivity contribution in [1.82, 2.24) is 19.2 Å². The van der Waals surface area contributed by atoms with Crippen molar-refractivity contribution in [2.24, 2.45) is 0 Å². The van der Waals surface area contributed by atoms with E-state index < -0.39 is 0 Å². The Morgan fingerprint density at radius 3 is 3.00 bits per heavy atom. The average molecular weight is 362 g/mol. The number of hydrogen-bond acceptors (Lipinski definition) is 5. The van der Waals surface area contributed by atoms with Crippen LogP contribution in [0.3, 0.4) is 0 Å². The monoisotopic (exact) mass is 362 g/mol. The van der Waals surface area contributed by atoms with E-state index >= 15 is 0 Å². The molecule has 4 rings (SSSR count). The first-order chi connectivity index (χ1) is 12.3. The van der Waals surface area contributed by atoms with E-state index in [0.29, 0.717) is 11.7 Å². The van der Waals surface area contributed by atoms with E-state index in [1.165, 1.54) is 0 Å². The molecular weight excluding hydrogens is 336 g/mol. The number of nitrogens with zero attached hydrogens (tertiary/aromatic N) is 4. The highest BCUT2D eigenvalue weighted by Crippen LogP contribution is 2.24. The van der Waals surface area contributed by atoms with Crippen LogP contribution < -0.4 is 0 Å². The zero-order chi connectivity index (χ0) is 17.2. The summed E-state index contributed by atoms with van der Waals surface area (Å²) in [6, 6.07) is 0.428. The summed E-state index contributed by atoms with van der Waals surface area (Å²) in [6.45, 7) is 7.17. The summed E-state index contributed by atoms with van der Waals surface area (Å²) < 4.78 is 7.78. The minimum atomic E-state index is 0.101. The third kappa shape index (κ3) is 3.32. The minimum Gasteiger partial charge on any atom is -0.378 e. The first-order valence-electron chi connectivity index (χ1n) is 9.33. The number of morpholine rings is 1. The van der Waals surface area contributed by atoms with E-state index in [0.717, 1.165) is 75.7 Å². The maximum atomic E-state index is 13.0. The minimum absolute atomic E-state index is 0.101. The fraction of sp³-hybridized carbons (Fsp3) is 0.667. The summed E-state index contributed by atoms with van der Waals surface area (Å²) in [4.78, 5) is 23.0. The second-order valence-corrected chi connectivity index (χ2v) is 7.82. The summed E-state index contributed by atoms with van der Waals surface area (Å²) in [5.74, 6) is 0.101. The van der Waals surface area contributed by atoms with Gasteiger partial charge in [-0.1, -0.05) is 13.3 Å². The zero-order valence-corrected chi connectivity index (χ0v) is 15.6. The smallest absolute Gasteiger partial charge is 0.274 e.